The molecule has 0 atom stereocenters. The number of hydrogen-bond acceptors (Lipinski definition) is 7. The number of nitrogens with one attached hydrogen (secondary N) is 1. The van der Waals surface area contributed by atoms with E-state index in [9.17, 15) is 9.59 Å². The first-order chi connectivity index (χ1) is 15.8. The van der Waals surface area contributed by atoms with Gasteiger partial charge >= 0.3 is 0 Å². The maximum atomic E-state index is 13.3. The Bertz CT molecular complexity index is 1220. The highest BCUT2D eigenvalue weighted by molar-refractivity contribution is 8.04. The molecule has 3 aromatic rings. The van der Waals surface area contributed by atoms with E-state index in [2.05, 4.69) is 15.3 Å². The number of nitrogens with zero attached hydrogens (tertiary/aromatic N) is 3. The highest BCUT2D eigenvalue weighted by atomic mass is 35.5. The molecule has 0 radical (unpaired) electrons. The molecule has 9 heteroatoms. The summed E-state index contributed by atoms with van der Waals surface area (Å²) in [6.45, 7) is 3.84. The van der Waals surface area contributed by atoms with Crippen molar-refractivity contribution < 1.29 is 14.3 Å². The number of aromatic nitrogens is 2. The van der Waals surface area contributed by atoms with E-state index in [1.807, 2.05) is 19.9 Å². The number of hydrogen-bond donors (Lipinski definition) is 1. The number of carbonyl (C=O) groups excluding carboxylic acids is 2. The van der Waals surface area contributed by atoms with Crippen LogP contribution in [0.2, 0.25) is 5.02 Å². The molecule has 1 aromatic heterocycles. The minimum absolute atomic E-state index is 0.125. The lowest BCUT2D eigenvalue weighted by Gasteiger charge is -2.15. The van der Waals surface area contributed by atoms with Crippen LogP contribution < -0.4 is 10.1 Å². The van der Waals surface area contributed by atoms with Crippen molar-refractivity contribution in [1.82, 2.24) is 14.9 Å². The molecule has 0 bridgehead atoms. The fraction of sp³-hybridized carbons (Fsp3) is 0.167. The second-order valence-corrected chi connectivity index (χ2v) is 8.83. The van der Waals surface area contributed by atoms with Gasteiger partial charge in [0.15, 0.2) is 5.16 Å². The second-order valence-electron chi connectivity index (χ2n) is 7.42. The summed E-state index contributed by atoms with van der Waals surface area (Å²) < 4.78 is 5.19. The van der Waals surface area contributed by atoms with Gasteiger partial charge in [-0.25, -0.2) is 9.97 Å². The van der Waals surface area contributed by atoms with Crippen molar-refractivity contribution >= 4 is 40.9 Å². The molecule has 0 spiro atoms. The lowest BCUT2D eigenvalue weighted by atomic mass is 10.2. The number of thioether (sulfide) groups is 1. The average molecular weight is 481 g/mol. The van der Waals surface area contributed by atoms with E-state index >= 15 is 0 Å². The fourth-order valence-electron chi connectivity index (χ4n) is 3.32. The number of halogens is 1. The van der Waals surface area contributed by atoms with E-state index in [-0.39, 0.29) is 17.1 Å². The first-order valence-electron chi connectivity index (χ1n) is 10.1. The third kappa shape index (κ3) is 5.18. The molecule has 0 unspecified atom stereocenters. The number of anilines is 1. The molecular formula is C24H21ClN4O3S. The summed E-state index contributed by atoms with van der Waals surface area (Å²) in [5.74, 6) is -0.137. The molecular weight excluding hydrogens is 460 g/mol. The van der Waals surface area contributed by atoms with Gasteiger partial charge in [0.25, 0.3) is 11.8 Å². The van der Waals surface area contributed by atoms with Crippen LogP contribution >= 0.6 is 23.4 Å². The Labute approximate surface area is 200 Å². The smallest absolute Gasteiger partial charge is 0.278 e. The highest BCUT2D eigenvalue weighted by Gasteiger charge is 2.39. The number of ether oxygens (including phenoxy) is 1. The molecule has 2 amide bonds. The molecule has 1 aliphatic rings. The molecule has 168 valence electrons. The zero-order valence-electron chi connectivity index (χ0n) is 18.3. The van der Waals surface area contributed by atoms with Gasteiger partial charge in [0.05, 0.1) is 13.7 Å². The molecule has 2 heterocycles. The van der Waals surface area contributed by atoms with Crippen molar-refractivity contribution in [1.29, 1.82) is 0 Å². The first kappa shape index (κ1) is 22.8. The molecule has 0 saturated heterocycles. The number of imide groups is 1. The highest BCUT2D eigenvalue weighted by Crippen LogP contribution is 2.35. The monoisotopic (exact) mass is 480 g/mol. The van der Waals surface area contributed by atoms with Crippen molar-refractivity contribution in [2.75, 3.05) is 12.4 Å². The standard InChI is InChI=1S/C24H21ClN4O3S/c1-14-12-15(2)27-24(26-14)33-21-20(28-18-8-10-19(32-3)11-9-18)22(30)29(23(21)31)13-16-4-6-17(25)7-5-16/h4-12,28H,13H2,1-3H3. The van der Waals surface area contributed by atoms with Gasteiger partial charge in [-0.3, -0.25) is 14.5 Å². The number of aryl methyl sites for hydroxylation is 2. The van der Waals surface area contributed by atoms with Crippen LogP contribution in [0.5, 0.6) is 5.75 Å². The SMILES string of the molecule is COc1ccc(NC2=C(Sc3nc(C)cc(C)n3)C(=O)N(Cc3ccc(Cl)cc3)C2=O)cc1. The summed E-state index contributed by atoms with van der Waals surface area (Å²) in [6, 6.07) is 16.0. The number of benzene rings is 2. The van der Waals surface area contributed by atoms with Gasteiger partial charge in [-0.1, -0.05) is 23.7 Å². The molecule has 0 aliphatic carbocycles. The van der Waals surface area contributed by atoms with Gasteiger partial charge in [-0.15, -0.1) is 0 Å². The third-order valence-corrected chi connectivity index (χ3v) is 6.09. The van der Waals surface area contributed by atoms with Crippen LogP contribution in [0.15, 0.2) is 70.4 Å². The van der Waals surface area contributed by atoms with Crippen molar-refractivity contribution in [2.45, 2.75) is 25.5 Å². The fourth-order valence-corrected chi connectivity index (χ4v) is 4.45. The first-order valence-corrected chi connectivity index (χ1v) is 11.3. The van der Waals surface area contributed by atoms with E-state index in [1.165, 1.54) is 4.90 Å². The van der Waals surface area contributed by atoms with E-state index in [0.29, 0.717) is 21.6 Å². The second kappa shape index (κ2) is 9.64. The topological polar surface area (TPSA) is 84.4 Å². The maximum absolute atomic E-state index is 13.3. The van der Waals surface area contributed by atoms with Crippen molar-refractivity contribution in [3.63, 3.8) is 0 Å². The van der Waals surface area contributed by atoms with Crippen molar-refractivity contribution in [3.8, 4) is 5.75 Å². The van der Waals surface area contributed by atoms with Crippen molar-refractivity contribution in [3.05, 3.63) is 87.2 Å². The van der Waals surface area contributed by atoms with E-state index in [4.69, 9.17) is 16.3 Å². The van der Waals surface area contributed by atoms with Gasteiger partial charge in [-0.2, -0.15) is 0 Å². The lowest BCUT2D eigenvalue weighted by Crippen LogP contribution is -2.31. The minimum atomic E-state index is -0.419. The van der Waals surface area contributed by atoms with E-state index < -0.39 is 11.8 Å². The molecule has 2 aromatic carbocycles. The Hall–Kier alpha value is -3.36. The number of rotatable bonds is 7. The van der Waals surface area contributed by atoms with Crippen LogP contribution in [0.3, 0.4) is 0 Å². The zero-order valence-corrected chi connectivity index (χ0v) is 19.8. The van der Waals surface area contributed by atoms with E-state index in [0.717, 1.165) is 28.7 Å². The van der Waals surface area contributed by atoms with Gasteiger partial charge in [0.1, 0.15) is 16.4 Å². The molecule has 7 nitrogen and oxygen atoms in total. The normalized spacial score (nSPS) is 13.6. The number of carbonyl (C=O) groups is 2. The summed E-state index contributed by atoms with van der Waals surface area (Å²) in [5, 5.41) is 4.10. The Kier molecular flexibility index (Phi) is 6.67. The molecule has 1 N–H and O–H groups in total. The molecule has 0 fully saturated rings. The van der Waals surface area contributed by atoms with Crippen LogP contribution in [-0.2, 0) is 16.1 Å². The Balaban J connectivity index is 1.68. The van der Waals surface area contributed by atoms with Gasteiger partial charge in [-0.05, 0) is 73.6 Å². The molecule has 1 aliphatic heterocycles. The molecule has 4 rings (SSSR count). The molecule has 0 saturated carbocycles. The number of amides is 2. The van der Waals surface area contributed by atoms with Crippen LogP contribution in [0, 0.1) is 13.8 Å². The number of methoxy groups -OCH3 is 1. The summed E-state index contributed by atoms with van der Waals surface area (Å²) in [6.07, 6.45) is 0. The third-order valence-electron chi connectivity index (χ3n) is 4.89. The largest absolute Gasteiger partial charge is 0.497 e. The van der Waals surface area contributed by atoms with Gasteiger partial charge in [0, 0.05) is 22.1 Å². The Morgan fingerprint density at radius 3 is 2.21 bits per heavy atom. The Morgan fingerprint density at radius 1 is 0.970 bits per heavy atom. The van der Waals surface area contributed by atoms with Crippen LogP contribution in [0.1, 0.15) is 17.0 Å². The van der Waals surface area contributed by atoms with Crippen molar-refractivity contribution in [2.24, 2.45) is 0 Å². The zero-order chi connectivity index (χ0) is 23.5. The Morgan fingerprint density at radius 2 is 1.61 bits per heavy atom. The van der Waals surface area contributed by atoms with Gasteiger partial charge < -0.3 is 10.1 Å². The summed E-state index contributed by atoms with van der Waals surface area (Å²) in [4.78, 5) is 37.0. The lowest BCUT2D eigenvalue weighted by molar-refractivity contribution is -0.137. The predicted molar refractivity (Wildman–Crippen MR) is 128 cm³/mol. The van der Waals surface area contributed by atoms with Gasteiger partial charge in [0.2, 0.25) is 0 Å². The van der Waals surface area contributed by atoms with Crippen LogP contribution in [0.25, 0.3) is 0 Å². The maximum Gasteiger partial charge on any atom is 0.278 e. The molecule has 33 heavy (non-hydrogen) atoms. The van der Waals surface area contributed by atoms with Crippen LogP contribution in [-0.4, -0.2) is 33.8 Å². The summed E-state index contributed by atoms with van der Waals surface area (Å²) in [5.41, 5.74) is 3.19. The predicted octanol–water partition coefficient (Wildman–Crippen LogP) is 4.74. The average Bonchev–Trinajstić information content (AvgIpc) is 2.99. The van der Waals surface area contributed by atoms with Crippen LogP contribution in [0.4, 0.5) is 5.69 Å². The minimum Gasteiger partial charge on any atom is -0.497 e. The quantitative estimate of drug-likeness (QED) is 0.386. The summed E-state index contributed by atoms with van der Waals surface area (Å²) in [7, 11) is 1.58. The van der Waals surface area contributed by atoms with E-state index in [1.54, 1.807) is 55.6 Å². The summed E-state index contributed by atoms with van der Waals surface area (Å²) >= 11 is 7.05.